The van der Waals surface area contributed by atoms with Crippen LogP contribution >= 0.6 is 11.8 Å². The van der Waals surface area contributed by atoms with Crippen LogP contribution in [0.25, 0.3) is 11.5 Å². The highest BCUT2D eigenvalue weighted by atomic mass is 32.2. The van der Waals surface area contributed by atoms with Crippen LogP contribution in [0.4, 0.5) is 4.39 Å². The van der Waals surface area contributed by atoms with E-state index in [0.717, 1.165) is 17.3 Å². The van der Waals surface area contributed by atoms with E-state index in [9.17, 15) is 9.18 Å². The third-order valence-electron chi connectivity index (χ3n) is 3.14. The van der Waals surface area contributed by atoms with Gasteiger partial charge in [-0.3, -0.25) is 4.79 Å². The van der Waals surface area contributed by atoms with Crippen molar-refractivity contribution in [3.63, 3.8) is 0 Å². The summed E-state index contributed by atoms with van der Waals surface area (Å²) < 4.78 is 18.6. The second-order valence-electron chi connectivity index (χ2n) is 4.93. The van der Waals surface area contributed by atoms with Crippen molar-refractivity contribution in [1.29, 1.82) is 0 Å². The van der Waals surface area contributed by atoms with Crippen molar-refractivity contribution in [2.75, 3.05) is 5.75 Å². The van der Waals surface area contributed by atoms with E-state index < -0.39 is 0 Å². The monoisotopic (exact) mass is 343 g/mol. The van der Waals surface area contributed by atoms with Crippen molar-refractivity contribution in [2.24, 2.45) is 0 Å². The number of hydrogen-bond donors (Lipinski definition) is 1. The average Bonchev–Trinajstić information content (AvgIpc) is 3.08. The second-order valence-corrected chi connectivity index (χ2v) is 5.86. The van der Waals surface area contributed by atoms with E-state index in [4.69, 9.17) is 4.42 Å². The van der Waals surface area contributed by atoms with Crippen molar-refractivity contribution < 1.29 is 13.6 Å². The van der Waals surface area contributed by atoms with E-state index in [0.29, 0.717) is 12.1 Å². The molecule has 5 nitrogen and oxygen atoms in total. The maximum atomic E-state index is 13.2. The van der Waals surface area contributed by atoms with Gasteiger partial charge in [0.1, 0.15) is 5.82 Å². The number of hydrogen-bond acceptors (Lipinski definition) is 5. The quantitative estimate of drug-likeness (QED) is 0.696. The molecular formula is C17H14FN3O2S. The molecule has 1 aromatic heterocycles. The van der Waals surface area contributed by atoms with Crippen LogP contribution in [0.1, 0.15) is 5.56 Å². The molecule has 0 radical (unpaired) electrons. The zero-order valence-electron chi connectivity index (χ0n) is 12.6. The topological polar surface area (TPSA) is 68.0 Å². The normalized spacial score (nSPS) is 10.5. The van der Waals surface area contributed by atoms with Gasteiger partial charge >= 0.3 is 0 Å². The lowest BCUT2D eigenvalue weighted by molar-refractivity contribution is -0.118. The Balaban J connectivity index is 1.51. The second kappa shape index (κ2) is 7.74. The lowest BCUT2D eigenvalue weighted by atomic mass is 10.2. The van der Waals surface area contributed by atoms with Crippen LogP contribution in [-0.2, 0) is 11.3 Å². The summed E-state index contributed by atoms with van der Waals surface area (Å²) in [5.41, 5.74) is 1.53. The molecule has 2 aromatic carbocycles. The number of aromatic nitrogens is 2. The summed E-state index contributed by atoms with van der Waals surface area (Å²) in [5.74, 6) is -0.117. The van der Waals surface area contributed by atoms with E-state index in [1.807, 2.05) is 30.3 Å². The van der Waals surface area contributed by atoms with E-state index in [-0.39, 0.29) is 28.6 Å². The van der Waals surface area contributed by atoms with Crippen LogP contribution < -0.4 is 5.32 Å². The maximum Gasteiger partial charge on any atom is 0.277 e. The predicted octanol–water partition coefficient (Wildman–Crippen LogP) is 3.28. The molecule has 0 saturated heterocycles. The van der Waals surface area contributed by atoms with Gasteiger partial charge in [-0.15, -0.1) is 10.2 Å². The zero-order valence-corrected chi connectivity index (χ0v) is 13.4. The largest absolute Gasteiger partial charge is 0.411 e. The molecule has 3 rings (SSSR count). The Morgan fingerprint density at radius 1 is 1.12 bits per heavy atom. The molecule has 0 bridgehead atoms. The summed E-state index contributed by atoms with van der Waals surface area (Å²) in [6.45, 7) is 0.471. The zero-order chi connectivity index (χ0) is 16.8. The van der Waals surface area contributed by atoms with Crippen LogP contribution in [-0.4, -0.2) is 21.9 Å². The van der Waals surface area contributed by atoms with E-state index in [1.54, 1.807) is 12.1 Å². The number of thioether (sulfide) groups is 1. The van der Waals surface area contributed by atoms with Gasteiger partial charge in [-0.05, 0) is 23.8 Å². The summed E-state index contributed by atoms with van der Waals surface area (Å²) in [7, 11) is 0. The fourth-order valence-corrected chi connectivity index (χ4v) is 2.57. The molecule has 7 heteroatoms. The highest BCUT2D eigenvalue weighted by Crippen LogP contribution is 2.23. The number of nitrogens with zero attached hydrogens (tertiary/aromatic N) is 2. The summed E-state index contributed by atoms with van der Waals surface area (Å²) in [4.78, 5) is 11.8. The standard InChI is InChI=1S/C17H14FN3O2S/c18-14-8-4-7-13(9-14)16-20-21-17(23-16)24-11-15(22)19-10-12-5-2-1-3-6-12/h1-9H,10-11H2,(H,19,22). The maximum absolute atomic E-state index is 13.2. The number of carbonyl (C=O) groups excluding carboxylic acids is 1. The molecule has 0 aliphatic heterocycles. The minimum Gasteiger partial charge on any atom is -0.411 e. The molecule has 0 aliphatic carbocycles. The molecule has 0 atom stereocenters. The van der Waals surface area contributed by atoms with Crippen molar-refractivity contribution >= 4 is 17.7 Å². The van der Waals surface area contributed by atoms with Gasteiger partial charge in [0, 0.05) is 12.1 Å². The fraction of sp³-hybridized carbons (Fsp3) is 0.118. The SMILES string of the molecule is O=C(CSc1nnc(-c2cccc(F)c2)o1)NCc1ccccc1. The van der Waals surface area contributed by atoms with Crippen LogP contribution in [0.5, 0.6) is 0 Å². The Morgan fingerprint density at radius 2 is 1.96 bits per heavy atom. The highest BCUT2D eigenvalue weighted by molar-refractivity contribution is 7.99. The summed E-state index contributed by atoms with van der Waals surface area (Å²) in [6, 6.07) is 15.5. The first-order chi connectivity index (χ1) is 11.7. The predicted molar refractivity (Wildman–Crippen MR) is 88.7 cm³/mol. The molecule has 0 aliphatic rings. The van der Waals surface area contributed by atoms with Gasteiger partial charge in [-0.2, -0.15) is 0 Å². The van der Waals surface area contributed by atoms with Gasteiger partial charge < -0.3 is 9.73 Å². The lowest BCUT2D eigenvalue weighted by Crippen LogP contribution is -2.24. The van der Waals surface area contributed by atoms with Crippen molar-refractivity contribution in [2.45, 2.75) is 11.8 Å². The van der Waals surface area contributed by atoms with Gasteiger partial charge in [0.2, 0.25) is 11.8 Å². The smallest absolute Gasteiger partial charge is 0.277 e. The first kappa shape index (κ1) is 16.2. The Labute approximate surface area is 142 Å². The summed E-state index contributed by atoms with van der Waals surface area (Å²) in [6.07, 6.45) is 0. The van der Waals surface area contributed by atoms with Gasteiger partial charge in [0.05, 0.1) is 5.75 Å². The number of benzene rings is 2. The number of rotatable bonds is 6. The van der Waals surface area contributed by atoms with Gasteiger partial charge in [0.25, 0.3) is 5.22 Å². The molecule has 3 aromatic rings. The first-order valence-corrected chi connectivity index (χ1v) is 8.22. The van der Waals surface area contributed by atoms with Gasteiger partial charge in [-0.1, -0.05) is 48.2 Å². The molecule has 1 amide bonds. The minimum atomic E-state index is -0.375. The van der Waals surface area contributed by atoms with E-state index >= 15 is 0 Å². The van der Waals surface area contributed by atoms with E-state index in [2.05, 4.69) is 15.5 Å². The highest BCUT2D eigenvalue weighted by Gasteiger charge is 2.11. The minimum absolute atomic E-state index is 0.130. The van der Waals surface area contributed by atoms with Crippen LogP contribution in [0, 0.1) is 5.82 Å². The molecule has 1 N–H and O–H groups in total. The Bertz CT molecular complexity index is 823. The summed E-state index contributed by atoms with van der Waals surface area (Å²) >= 11 is 1.14. The van der Waals surface area contributed by atoms with Crippen molar-refractivity contribution in [3.8, 4) is 11.5 Å². The Kier molecular flexibility index (Phi) is 5.22. The first-order valence-electron chi connectivity index (χ1n) is 7.23. The van der Waals surface area contributed by atoms with Gasteiger partial charge in [0.15, 0.2) is 0 Å². The summed E-state index contributed by atoms with van der Waals surface area (Å²) in [5, 5.41) is 10.8. The molecule has 0 saturated carbocycles. The van der Waals surface area contributed by atoms with Crippen LogP contribution in [0.3, 0.4) is 0 Å². The molecule has 122 valence electrons. The van der Waals surface area contributed by atoms with E-state index in [1.165, 1.54) is 12.1 Å². The molecular weight excluding hydrogens is 329 g/mol. The van der Waals surface area contributed by atoms with Gasteiger partial charge in [-0.25, -0.2) is 4.39 Å². The average molecular weight is 343 g/mol. The molecule has 1 heterocycles. The molecule has 0 unspecified atom stereocenters. The Morgan fingerprint density at radius 3 is 2.75 bits per heavy atom. The fourth-order valence-electron chi connectivity index (χ4n) is 1.98. The lowest BCUT2D eigenvalue weighted by Gasteiger charge is -2.03. The third kappa shape index (κ3) is 4.42. The Hall–Kier alpha value is -2.67. The van der Waals surface area contributed by atoms with Crippen molar-refractivity contribution in [3.05, 3.63) is 66.0 Å². The third-order valence-corrected chi connectivity index (χ3v) is 3.96. The van der Waals surface area contributed by atoms with Crippen molar-refractivity contribution in [1.82, 2.24) is 15.5 Å². The number of carbonyl (C=O) groups is 1. The molecule has 0 spiro atoms. The number of halogens is 1. The van der Waals surface area contributed by atoms with Crippen LogP contribution in [0.15, 0.2) is 64.2 Å². The number of nitrogens with one attached hydrogen (secondary N) is 1. The number of amides is 1. The van der Waals surface area contributed by atoms with Crippen LogP contribution in [0.2, 0.25) is 0 Å². The molecule has 24 heavy (non-hydrogen) atoms. The molecule has 0 fully saturated rings.